The molecule has 1 aliphatic heterocycles. The van der Waals surface area contributed by atoms with Gasteiger partial charge in [0.25, 0.3) is 0 Å². The Morgan fingerprint density at radius 2 is 1.80 bits per heavy atom. The van der Waals surface area contributed by atoms with E-state index in [0.29, 0.717) is 18.0 Å². The van der Waals surface area contributed by atoms with E-state index >= 15 is 0 Å². The van der Waals surface area contributed by atoms with E-state index in [1.165, 1.54) is 11.8 Å². The predicted octanol–water partition coefficient (Wildman–Crippen LogP) is 4.06. The highest BCUT2D eigenvalue weighted by Crippen LogP contribution is 2.22. The lowest BCUT2D eigenvalue weighted by molar-refractivity contribution is 0.346. The van der Waals surface area contributed by atoms with Gasteiger partial charge in [0.1, 0.15) is 4.90 Å². The van der Waals surface area contributed by atoms with Gasteiger partial charge < -0.3 is 0 Å². The molecule has 0 amide bonds. The quantitative estimate of drug-likeness (QED) is 0.716. The van der Waals surface area contributed by atoms with Crippen molar-refractivity contribution in [3.63, 3.8) is 0 Å². The summed E-state index contributed by atoms with van der Waals surface area (Å²) in [5, 5.41) is 0.829. The molecule has 4 nitrogen and oxygen atoms in total. The number of benzene rings is 1. The van der Waals surface area contributed by atoms with Crippen molar-refractivity contribution >= 4 is 27.9 Å². The first-order valence-electron chi connectivity index (χ1n) is 8.47. The zero-order valence-corrected chi connectivity index (χ0v) is 15.7. The molecule has 0 unspecified atom stereocenters. The van der Waals surface area contributed by atoms with E-state index in [1.807, 2.05) is 18.2 Å². The Bertz CT molecular complexity index is 797. The molecule has 2 heterocycles. The van der Waals surface area contributed by atoms with E-state index in [0.717, 1.165) is 30.0 Å². The van der Waals surface area contributed by atoms with Crippen molar-refractivity contribution in [1.29, 1.82) is 0 Å². The number of pyridine rings is 1. The van der Waals surface area contributed by atoms with Crippen LogP contribution in [0.25, 0.3) is 6.08 Å². The molecule has 3 rings (SSSR count). The number of hydrogen-bond donors (Lipinski definition) is 0. The number of thioether (sulfide) groups is 1. The lowest BCUT2D eigenvalue weighted by atomic mass is 10.2. The van der Waals surface area contributed by atoms with Crippen LogP contribution in [-0.2, 0) is 10.0 Å². The van der Waals surface area contributed by atoms with Crippen molar-refractivity contribution in [3.8, 4) is 0 Å². The van der Waals surface area contributed by atoms with Gasteiger partial charge >= 0.3 is 0 Å². The van der Waals surface area contributed by atoms with Crippen LogP contribution in [0.3, 0.4) is 0 Å². The van der Waals surface area contributed by atoms with E-state index in [9.17, 15) is 8.42 Å². The normalized spacial score (nSPS) is 16.3. The van der Waals surface area contributed by atoms with Gasteiger partial charge in [0, 0.05) is 25.0 Å². The number of aromatic nitrogens is 1. The lowest BCUT2D eigenvalue weighted by Crippen LogP contribution is -2.35. The number of piperidine rings is 1. The second kappa shape index (κ2) is 8.65. The Morgan fingerprint density at radius 1 is 1.04 bits per heavy atom. The van der Waals surface area contributed by atoms with Crippen LogP contribution in [0.15, 0.2) is 64.7 Å². The maximum Gasteiger partial charge on any atom is 0.244 e. The number of sulfonamides is 1. The minimum absolute atomic E-state index is 0.290. The summed E-state index contributed by atoms with van der Waals surface area (Å²) in [7, 11) is -3.39. The third-order valence-electron chi connectivity index (χ3n) is 4.10. The highest BCUT2D eigenvalue weighted by atomic mass is 32.2. The maximum absolute atomic E-state index is 12.6. The molecule has 0 radical (unpaired) electrons. The summed E-state index contributed by atoms with van der Waals surface area (Å²) >= 11 is 1.59. The minimum Gasteiger partial charge on any atom is -0.249 e. The van der Waals surface area contributed by atoms with Crippen LogP contribution < -0.4 is 0 Å². The molecule has 0 aliphatic carbocycles. The number of rotatable bonds is 6. The number of hydrogen-bond acceptors (Lipinski definition) is 4. The molecule has 0 atom stereocenters. The molecule has 1 fully saturated rings. The maximum atomic E-state index is 12.6. The average molecular weight is 375 g/mol. The molecule has 6 heteroatoms. The van der Waals surface area contributed by atoms with Gasteiger partial charge in [-0.25, -0.2) is 13.4 Å². The first kappa shape index (κ1) is 18.2. The van der Waals surface area contributed by atoms with Gasteiger partial charge in [0.15, 0.2) is 0 Å². The number of nitrogens with zero attached hydrogens (tertiary/aromatic N) is 2. The molecule has 132 valence electrons. The van der Waals surface area contributed by atoms with Gasteiger partial charge in [-0.3, -0.25) is 0 Å². The molecular weight excluding hydrogens is 352 g/mol. The standard InChI is InChI=1S/C19H22N2O2S2/c22-25(23,21-13-5-2-6-14-21)18-11-12-19(20-16-18)24-15-7-10-17-8-3-1-4-9-17/h1,3-4,7-12,16H,2,5-6,13-15H2/b10-7+. The fourth-order valence-corrected chi connectivity index (χ4v) is 4.86. The molecule has 2 aromatic rings. The zero-order chi connectivity index (χ0) is 17.5. The summed E-state index contributed by atoms with van der Waals surface area (Å²) < 4.78 is 26.7. The van der Waals surface area contributed by atoms with Crippen LogP contribution in [0.2, 0.25) is 0 Å². The van der Waals surface area contributed by atoms with Crippen molar-refractivity contribution in [3.05, 3.63) is 60.3 Å². The van der Waals surface area contributed by atoms with Crippen LogP contribution in [0.1, 0.15) is 24.8 Å². The molecule has 1 aliphatic rings. The molecule has 1 aromatic carbocycles. The van der Waals surface area contributed by atoms with Gasteiger partial charge in [-0.15, -0.1) is 11.8 Å². The highest BCUT2D eigenvalue weighted by molar-refractivity contribution is 7.99. The van der Waals surface area contributed by atoms with Gasteiger partial charge in [-0.05, 0) is 30.5 Å². The summed E-state index contributed by atoms with van der Waals surface area (Å²) in [6.45, 7) is 1.23. The van der Waals surface area contributed by atoms with E-state index in [2.05, 4.69) is 29.3 Å². The molecule has 25 heavy (non-hydrogen) atoms. The lowest BCUT2D eigenvalue weighted by Gasteiger charge is -2.25. The molecule has 0 N–H and O–H groups in total. The van der Waals surface area contributed by atoms with Crippen LogP contribution in [0, 0.1) is 0 Å². The van der Waals surface area contributed by atoms with Crippen LogP contribution in [-0.4, -0.2) is 36.5 Å². The molecule has 1 aromatic heterocycles. The van der Waals surface area contributed by atoms with Gasteiger partial charge in [-0.2, -0.15) is 4.31 Å². The first-order chi connectivity index (χ1) is 12.2. The van der Waals surface area contributed by atoms with Crippen molar-refractivity contribution in [2.45, 2.75) is 29.2 Å². The summed E-state index contributed by atoms with van der Waals surface area (Å²) in [4.78, 5) is 4.60. The van der Waals surface area contributed by atoms with Crippen LogP contribution >= 0.6 is 11.8 Å². The van der Waals surface area contributed by atoms with E-state index in [1.54, 1.807) is 28.2 Å². The highest BCUT2D eigenvalue weighted by Gasteiger charge is 2.25. The second-order valence-electron chi connectivity index (χ2n) is 5.92. The molecule has 0 bridgehead atoms. The van der Waals surface area contributed by atoms with Crippen LogP contribution in [0.5, 0.6) is 0 Å². The molecule has 0 spiro atoms. The summed E-state index contributed by atoms with van der Waals surface area (Å²) in [6, 6.07) is 13.6. The minimum atomic E-state index is -3.39. The summed E-state index contributed by atoms with van der Waals surface area (Å²) in [5.74, 6) is 0.792. The zero-order valence-electron chi connectivity index (χ0n) is 14.0. The summed E-state index contributed by atoms with van der Waals surface area (Å²) in [5.41, 5.74) is 1.17. The van der Waals surface area contributed by atoms with Gasteiger partial charge in [-0.1, -0.05) is 48.9 Å². The second-order valence-corrected chi connectivity index (χ2v) is 8.90. The fraction of sp³-hybridized carbons (Fsp3) is 0.316. The van der Waals surface area contributed by atoms with E-state index < -0.39 is 10.0 Å². The Morgan fingerprint density at radius 3 is 2.48 bits per heavy atom. The molecular formula is C19H22N2O2S2. The SMILES string of the molecule is O=S(=O)(c1ccc(SC/C=C/c2ccccc2)nc1)N1CCCCC1. The van der Waals surface area contributed by atoms with E-state index in [4.69, 9.17) is 0 Å². The predicted molar refractivity (Wildman–Crippen MR) is 103 cm³/mol. The Hall–Kier alpha value is -1.63. The van der Waals surface area contributed by atoms with Crippen LogP contribution in [0.4, 0.5) is 0 Å². The Kier molecular flexibility index (Phi) is 6.29. The fourth-order valence-electron chi connectivity index (χ4n) is 2.74. The Labute approximate surface area is 154 Å². The molecule has 0 saturated carbocycles. The average Bonchev–Trinajstić information content (AvgIpc) is 2.67. The first-order valence-corrected chi connectivity index (χ1v) is 10.9. The topological polar surface area (TPSA) is 50.3 Å². The van der Waals surface area contributed by atoms with Crippen molar-refractivity contribution < 1.29 is 8.42 Å². The summed E-state index contributed by atoms with van der Waals surface area (Å²) in [6.07, 6.45) is 8.62. The monoisotopic (exact) mass is 374 g/mol. The van der Waals surface area contributed by atoms with Gasteiger partial charge in [0.2, 0.25) is 10.0 Å². The third kappa shape index (κ3) is 4.93. The third-order valence-corrected chi connectivity index (χ3v) is 6.88. The van der Waals surface area contributed by atoms with Crippen molar-refractivity contribution in [2.24, 2.45) is 0 Å². The van der Waals surface area contributed by atoms with Gasteiger partial charge in [0.05, 0.1) is 5.03 Å². The Balaban J connectivity index is 1.57. The smallest absolute Gasteiger partial charge is 0.244 e. The van der Waals surface area contributed by atoms with Crippen molar-refractivity contribution in [2.75, 3.05) is 18.8 Å². The largest absolute Gasteiger partial charge is 0.249 e. The van der Waals surface area contributed by atoms with E-state index in [-0.39, 0.29) is 0 Å². The van der Waals surface area contributed by atoms with Crippen molar-refractivity contribution in [1.82, 2.24) is 9.29 Å². The molecule has 1 saturated heterocycles.